The minimum Gasteiger partial charge on any atom is -0.319 e. The second-order valence-electron chi connectivity index (χ2n) is 4.60. The molecule has 24 heavy (non-hydrogen) atoms. The molecule has 0 aliphatic carbocycles. The fraction of sp³-hybridized carbons (Fsp3) is 0. The lowest BCUT2D eigenvalue weighted by atomic mass is 10.3. The Hall–Kier alpha value is -2.59. The summed E-state index contributed by atoms with van der Waals surface area (Å²) in [6, 6.07) is 3.65. The van der Waals surface area contributed by atoms with E-state index in [2.05, 4.69) is 10.3 Å². The van der Waals surface area contributed by atoms with Gasteiger partial charge in [-0.1, -0.05) is 0 Å². The van der Waals surface area contributed by atoms with Crippen LogP contribution in [0.3, 0.4) is 0 Å². The molecule has 124 valence electrons. The molecular weight excluding hydrogens is 360 g/mol. The molecule has 1 aromatic carbocycles. The molecule has 0 saturated carbocycles. The summed E-state index contributed by atoms with van der Waals surface area (Å²) in [7, 11) is -4.10. The van der Waals surface area contributed by atoms with Crippen LogP contribution in [0.2, 0.25) is 0 Å². The van der Waals surface area contributed by atoms with E-state index in [1.165, 1.54) is 18.5 Å². The molecule has 0 bridgehead atoms. The first kappa shape index (κ1) is 16.3. The van der Waals surface area contributed by atoms with Gasteiger partial charge in [0.25, 0.3) is 15.9 Å². The fourth-order valence-electron chi connectivity index (χ4n) is 1.88. The Morgan fingerprint density at radius 3 is 2.67 bits per heavy atom. The van der Waals surface area contributed by atoms with Crippen LogP contribution in [0.5, 0.6) is 0 Å². The number of benzene rings is 1. The fourth-order valence-corrected chi connectivity index (χ4v) is 3.62. The summed E-state index contributed by atoms with van der Waals surface area (Å²) in [5.74, 6) is -2.88. The third kappa shape index (κ3) is 3.05. The van der Waals surface area contributed by atoms with Crippen molar-refractivity contribution in [1.82, 2.24) is 8.96 Å². The Balaban J connectivity index is 1.86. The summed E-state index contributed by atoms with van der Waals surface area (Å²) >= 11 is 1.14. The predicted octanol–water partition coefficient (Wildman–Crippen LogP) is 2.71. The first-order valence-corrected chi connectivity index (χ1v) is 8.79. The van der Waals surface area contributed by atoms with Gasteiger partial charge in [-0.2, -0.15) is 0 Å². The van der Waals surface area contributed by atoms with Crippen molar-refractivity contribution >= 4 is 33.0 Å². The number of amides is 1. The van der Waals surface area contributed by atoms with Crippen LogP contribution in [0.1, 0.15) is 9.80 Å². The molecule has 0 unspecified atom stereocenters. The van der Waals surface area contributed by atoms with Crippen LogP contribution in [0.25, 0.3) is 0 Å². The number of halogens is 2. The molecular formula is C14H9F2N3O3S2. The van der Waals surface area contributed by atoms with Crippen molar-refractivity contribution in [2.75, 3.05) is 5.32 Å². The van der Waals surface area contributed by atoms with Gasteiger partial charge < -0.3 is 5.32 Å². The van der Waals surface area contributed by atoms with E-state index in [4.69, 9.17) is 0 Å². The van der Waals surface area contributed by atoms with Crippen LogP contribution >= 0.6 is 11.3 Å². The third-order valence-corrected chi connectivity index (χ3v) is 5.42. The number of nitrogens with one attached hydrogen (secondary N) is 1. The molecule has 1 amide bonds. The SMILES string of the molecule is O=C(Nc1ccn(S(=O)(=O)c2ccc(F)c(F)c2)c1)c1nccs1. The Morgan fingerprint density at radius 1 is 1.21 bits per heavy atom. The topological polar surface area (TPSA) is 81.1 Å². The maximum atomic E-state index is 13.2. The molecule has 2 aromatic heterocycles. The van der Waals surface area contributed by atoms with Gasteiger partial charge in [-0.15, -0.1) is 11.3 Å². The molecule has 0 radical (unpaired) electrons. The Bertz CT molecular complexity index is 998. The highest BCUT2D eigenvalue weighted by Crippen LogP contribution is 2.20. The largest absolute Gasteiger partial charge is 0.319 e. The lowest BCUT2D eigenvalue weighted by Crippen LogP contribution is -2.13. The van der Waals surface area contributed by atoms with Crippen LogP contribution < -0.4 is 5.32 Å². The number of hydrogen-bond acceptors (Lipinski definition) is 5. The van der Waals surface area contributed by atoms with Gasteiger partial charge >= 0.3 is 0 Å². The average molecular weight is 369 g/mol. The van der Waals surface area contributed by atoms with Crippen molar-refractivity contribution in [3.63, 3.8) is 0 Å². The van der Waals surface area contributed by atoms with Gasteiger partial charge in [0.05, 0.1) is 10.6 Å². The van der Waals surface area contributed by atoms with Crippen LogP contribution in [0.4, 0.5) is 14.5 Å². The number of nitrogens with zero attached hydrogens (tertiary/aromatic N) is 2. The van der Waals surface area contributed by atoms with E-state index in [0.29, 0.717) is 6.07 Å². The first-order valence-electron chi connectivity index (χ1n) is 6.47. The highest BCUT2D eigenvalue weighted by molar-refractivity contribution is 7.90. The second kappa shape index (κ2) is 6.13. The van der Waals surface area contributed by atoms with Crippen molar-refractivity contribution in [1.29, 1.82) is 0 Å². The zero-order valence-corrected chi connectivity index (χ0v) is 13.4. The average Bonchev–Trinajstić information content (AvgIpc) is 3.21. The molecule has 3 rings (SSSR count). The Morgan fingerprint density at radius 2 is 2.00 bits per heavy atom. The highest BCUT2D eigenvalue weighted by atomic mass is 32.2. The zero-order chi connectivity index (χ0) is 17.3. The Labute approximate surface area is 139 Å². The summed E-state index contributed by atoms with van der Waals surface area (Å²) in [5, 5.41) is 4.36. The van der Waals surface area contributed by atoms with E-state index in [1.807, 2.05) is 0 Å². The number of aromatic nitrogens is 2. The molecule has 0 atom stereocenters. The van der Waals surface area contributed by atoms with Gasteiger partial charge in [-0.3, -0.25) is 4.79 Å². The van der Waals surface area contributed by atoms with Crippen molar-refractivity contribution in [3.8, 4) is 0 Å². The number of rotatable bonds is 4. The number of carbonyl (C=O) groups excluding carboxylic acids is 1. The summed E-state index contributed by atoms with van der Waals surface area (Å²) in [6.45, 7) is 0. The molecule has 6 nitrogen and oxygen atoms in total. The lowest BCUT2D eigenvalue weighted by Gasteiger charge is -2.06. The van der Waals surface area contributed by atoms with Gasteiger partial charge in [0, 0.05) is 24.0 Å². The number of thiazole rings is 1. The van der Waals surface area contributed by atoms with E-state index in [9.17, 15) is 22.0 Å². The maximum absolute atomic E-state index is 13.2. The first-order chi connectivity index (χ1) is 11.4. The van der Waals surface area contributed by atoms with Gasteiger partial charge in [0.15, 0.2) is 16.6 Å². The summed E-state index contributed by atoms with van der Waals surface area (Å²) in [4.78, 5) is 15.3. The van der Waals surface area contributed by atoms with Crippen molar-refractivity contribution in [2.45, 2.75) is 4.90 Å². The molecule has 0 aliphatic rings. The minimum absolute atomic E-state index is 0.223. The van der Waals surface area contributed by atoms with Crippen LogP contribution in [-0.2, 0) is 10.0 Å². The summed E-state index contributed by atoms with van der Waals surface area (Å²) in [6.07, 6.45) is 3.81. The predicted molar refractivity (Wildman–Crippen MR) is 83.4 cm³/mol. The maximum Gasteiger partial charge on any atom is 0.284 e. The van der Waals surface area contributed by atoms with Crippen molar-refractivity contribution in [2.24, 2.45) is 0 Å². The van der Waals surface area contributed by atoms with Gasteiger partial charge in [-0.25, -0.2) is 26.2 Å². The Kier molecular flexibility index (Phi) is 4.16. The van der Waals surface area contributed by atoms with E-state index in [1.54, 1.807) is 5.38 Å². The van der Waals surface area contributed by atoms with E-state index in [0.717, 1.165) is 33.6 Å². The zero-order valence-electron chi connectivity index (χ0n) is 11.8. The van der Waals surface area contributed by atoms with Crippen LogP contribution in [-0.4, -0.2) is 23.3 Å². The monoisotopic (exact) mass is 369 g/mol. The molecule has 2 heterocycles. The van der Waals surface area contributed by atoms with Gasteiger partial charge in [0.2, 0.25) is 0 Å². The van der Waals surface area contributed by atoms with E-state index in [-0.39, 0.29) is 10.7 Å². The molecule has 0 saturated heterocycles. The molecule has 0 fully saturated rings. The third-order valence-electron chi connectivity index (χ3n) is 3.02. The van der Waals surface area contributed by atoms with Gasteiger partial charge in [0.1, 0.15) is 0 Å². The van der Waals surface area contributed by atoms with Crippen LogP contribution in [0.15, 0.2) is 53.1 Å². The van der Waals surface area contributed by atoms with Gasteiger partial charge in [-0.05, 0) is 24.3 Å². The minimum atomic E-state index is -4.10. The van der Waals surface area contributed by atoms with E-state index >= 15 is 0 Å². The number of anilines is 1. The molecule has 0 spiro atoms. The lowest BCUT2D eigenvalue weighted by molar-refractivity contribution is 0.102. The van der Waals surface area contributed by atoms with Crippen molar-refractivity contribution < 1.29 is 22.0 Å². The molecule has 10 heteroatoms. The number of hydrogen-bond donors (Lipinski definition) is 1. The summed E-state index contributed by atoms with van der Waals surface area (Å²) in [5.41, 5.74) is 0.223. The quantitative estimate of drug-likeness (QED) is 0.767. The van der Waals surface area contributed by atoms with Crippen LogP contribution in [0, 0.1) is 11.6 Å². The molecule has 0 aliphatic heterocycles. The highest BCUT2D eigenvalue weighted by Gasteiger charge is 2.19. The molecule has 3 aromatic rings. The summed E-state index contributed by atoms with van der Waals surface area (Å²) < 4.78 is 51.7. The standard InChI is InChI=1S/C14H9F2N3O3S2/c15-11-2-1-10(7-12(11)16)24(21,22)19-5-3-9(8-19)18-13(20)14-17-4-6-23-14/h1-8H,(H,18,20). The smallest absolute Gasteiger partial charge is 0.284 e. The van der Waals surface area contributed by atoms with Crippen molar-refractivity contribution in [3.05, 3.63) is 64.9 Å². The molecule has 1 N–H and O–H groups in total. The second-order valence-corrected chi connectivity index (χ2v) is 7.34. The normalized spacial score (nSPS) is 11.4. The number of carbonyl (C=O) groups is 1. The van der Waals surface area contributed by atoms with E-state index < -0.39 is 32.5 Å².